The van der Waals surface area contributed by atoms with Gasteiger partial charge in [0, 0.05) is 24.4 Å². The Bertz CT molecular complexity index is 473. The molecule has 1 N–H and O–H groups in total. The predicted molar refractivity (Wildman–Crippen MR) is 53.5 cm³/mol. The fourth-order valence-corrected chi connectivity index (χ4v) is 2.02. The van der Waals surface area contributed by atoms with Crippen molar-refractivity contribution in [2.75, 3.05) is 0 Å². The van der Waals surface area contributed by atoms with Gasteiger partial charge < -0.3 is 5.11 Å². The standard InChI is InChI=1S/C9H8N2O2S/c1-11-5-6(4-10-11)7-2-3-14-8(7)9(12)13/h2-5H,1H3,(H,12,13). The molecule has 4 nitrogen and oxygen atoms in total. The highest BCUT2D eigenvalue weighted by atomic mass is 32.1. The summed E-state index contributed by atoms with van der Waals surface area (Å²) >= 11 is 1.23. The minimum Gasteiger partial charge on any atom is -0.477 e. The lowest BCUT2D eigenvalue weighted by Crippen LogP contribution is -1.93. The average Bonchev–Trinajstić information content (AvgIpc) is 2.70. The Morgan fingerprint density at radius 2 is 2.43 bits per heavy atom. The van der Waals surface area contributed by atoms with Crippen molar-refractivity contribution in [1.82, 2.24) is 9.78 Å². The van der Waals surface area contributed by atoms with Gasteiger partial charge in [0.05, 0.1) is 6.20 Å². The van der Waals surface area contributed by atoms with Crippen LogP contribution in [0.3, 0.4) is 0 Å². The second kappa shape index (κ2) is 3.26. The van der Waals surface area contributed by atoms with Crippen LogP contribution in [0.5, 0.6) is 0 Å². The molecule has 0 unspecified atom stereocenters. The van der Waals surface area contributed by atoms with Crippen molar-refractivity contribution in [3.63, 3.8) is 0 Å². The molecular formula is C9H8N2O2S. The zero-order valence-corrected chi connectivity index (χ0v) is 8.28. The second-order valence-electron chi connectivity index (χ2n) is 2.87. The third-order valence-electron chi connectivity index (χ3n) is 1.88. The van der Waals surface area contributed by atoms with Gasteiger partial charge in [0.1, 0.15) is 4.88 Å². The van der Waals surface area contributed by atoms with Crippen molar-refractivity contribution in [3.05, 3.63) is 28.7 Å². The van der Waals surface area contributed by atoms with Crippen LogP contribution in [0.4, 0.5) is 0 Å². The van der Waals surface area contributed by atoms with E-state index in [1.165, 1.54) is 11.3 Å². The van der Waals surface area contributed by atoms with Gasteiger partial charge in [0.2, 0.25) is 0 Å². The molecule has 0 aromatic carbocycles. The second-order valence-corrected chi connectivity index (χ2v) is 3.79. The van der Waals surface area contributed by atoms with Crippen molar-refractivity contribution in [1.29, 1.82) is 0 Å². The largest absolute Gasteiger partial charge is 0.477 e. The topological polar surface area (TPSA) is 55.1 Å². The molecule has 0 amide bonds. The molecule has 2 rings (SSSR count). The Morgan fingerprint density at radius 1 is 1.64 bits per heavy atom. The van der Waals surface area contributed by atoms with E-state index in [2.05, 4.69) is 5.10 Å². The summed E-state index contributed by atoms with van der Waals surface area (Å²) in [6, 6.07) is 1.80. The maximum Gasteiger partial charge on any atom is 0.346 e. The van der Waals surface area contributed by atoms with Crippen LogP contribution in [-0.2, 0) is 7.05 Å². The average molecular weight is 208 g/mol. The Labute approximate surface area is 84.4 Å². The molecule has 0 bridgehead atoms. The summed E-state index contributed by atoms with van der Waals surface area (Å²) in [6.45, 7) is 0. The van der Waals surface area contributed by atoms with Crippen molar-refractivity contribution in [2.45, 2.75) is 0 Å². The van der Waals surface area contributed by atoms with E-state index >= 15 is 0 Å². The van der Waals surface area contributed by atoms with Gasteiger partial charge in [0.15, 0.2) is 0 Å². The SMILES string of the molecule is Cn1cc(-c2ccsc2C(=O)O)cn1. The summed E-state index contributed by atoms with van der Waals surface area (Å²) in [6.07, 6.45) is 3.46. The van der Waals surface area contributed by atoms with Crippen LogP contribution >= 0.6 is 11.3 Å². The summed E-state index contributed by atoms with van der Waals surface area (Å²) in [4.78, 5) is 11.2. The van der Waals surface area contributed by atoms with E-state index in [-0.39, 0.29) is 0 Å². The Kier molecular flexibility index (Phi) is 2.09. The molecule has 0 aliphatic rings. The summed E-state index contributed by atoms with van der Waals surface area (Å²) in [5, 5.41) is 14.7. The number of rotatable bonds is 2. The third kappa shape index (κ3) is 1.42. The maximum atomic E-state index is 10.8. The van der Waals surface area contributed by atoms with Crippen LogP contribution in [0.15, 0.2) is 23.8 Å². The molecule has 0 saturated heterocycles. The van der Waals surface area contributed by atoms with Crippen LogP contribution in [0, 0.1) is 0 Å². The number of aromatic carboxylic acids is 1. The first-order valence-corrected chi connectivity index (χ1v) is 4.86. The summed E-state index contributed by atoms with van der Waals surface area (Å²) < 4.78 is 1.65. The predicted octanol–water partition coefficient (Wildman–Crippen LogP) is 1.85. The van der Waals surface area contributed by atoms with E-state index in [4.69, 9.17) is 5.11 Å². The number of carbonyl (C=O) groups is 1. The number of thiophene rings is 1. The molecule has 2 aromatic rings. The number of hydrogen-bond donors (Lipinski definition) is 1. The number of aryl methyl sites for hydroxylation is 1. The van der Waals surface area contributed by atoms with E-state index in [0.29, 0.717) is 4.88 Å². The lowest BCUT2D eigenvalue weighted by molar-refractivity contribution is 0.0703. The molecule has 2 aromatic heterocycles. The van der Waals surface area contributed by atoms with Crippen molar-refractivity contribution in [2.24, 2.45) is 7.05 Å². The van der Waals surface area contributed by atoms with Gasteiger partial charge in [-0.1, -0.05) is 0 Å². The number of aromatic nitrogens is 2. The minimum atomic E-state index is -0.890. The van der Waals surface area contributed by atoms with E-state index in [1.54, 1.807) is 35.6 Å². The van der Waals surface area contributed by atoms with Crippen molar-refractivity contribution in [3.8, 4) is 11.1 Å². The van der Waals surface area contributed by atoms with Gasteiger partial charge in [-0.2, -0.15) is 5.10 Å². The zero-order valence-electron chi connectivity index (χ0n) is 7.47. The van der Waals surface area contributed by atoms with Gasteiger partial charge in [0.25, 0.3) is 0 Å². The minimum absolute atomic E-state index is 0.359. The lowest BCUT2D eigenvalue weighted by Gasteiger charge is -1.94. The first-order chi connectivity index (χ1) is 6.68. The molecule has 0 fully saturated rings. The lowest BCUT2D eigenvalue weighted by atomic mass is 10.1. The van der Waals surface area contributed by atoms with E-state index in [0.717, 1.165) is 11.1 Å². The number of nitrogens with zero attached hydrogens (tertiary/aromatic N) is 2. The summed E-state index contributed by atoms with van der Waals surface area (Å²) in [7, 11) is 1.80. The smallest absolute Gasteiger partial charge is 0.346 e. The molecule has 5 heteroatoms. The van der Waals surface area contributed by atoms with Gasteiger partial charge >= 0.3 is 5.97 Å². The monoisotopic (exact) mass is 208 g/mol. The van der Waals surface area contributed by atoms with E-state index in [9.17, 15) is 4.79 Å². The number of carboxylic acids is 1. The summed E-state index contributed by atoms with van der Waals surface area (Å²) in [5.41, 5.74) is 1.57. The fraction of sp³-hybridized carbons (Fsp3) is 0.111. The molecule has 0 atom stereocenters. The van der Waals surface area contributed by atoms with Crippen LogP contribution in [0.25, 0.3) is 11.1 Å². The molecule has 72 valence electrons. The zero-order chi connectivity index (χ0) is 10.1. The molecule has 0 aliphatic heterocycles. The van der Waals surface area contributed by atoms with Crippen LogP contribution in [0.2, 0.25) is 0 Å². The van der Waals surface area contributed by atoms with Gasteiger partial charge in [-0.15, -0.1) is 11.3 Å². The highest BCUT2D eigenvalue weighted by Crippen LogP contribution is 2.27. The Balaban J connectivity index is 2.51. The normalized spacial score (nSPS) is 10.4. The van der Waals surface area contributed by atoms with Gasteiger partial charge in [-0.3, -0.25) is 4.68 Å². The van der Waals surface area contributed by atoms with Gasteiger partial charge in [-0.25, -0.2) is 4.79 Å². The van der Waals surface area contributed by atoms with Crippen LogP contribution in [-0.4, -0.2) is 20.9 Å². The fourth-order valence-electron chi connectivity index (χ4n) is 1.26. The van der Waals surface area contributed by atoms with Gasteiger partial charge in [-0.05, 0) is 11.4 Å². The van der Waals surface area contributed by atoms with E-state index < -0.39 is 5.97 Å². The first-order valence-electron chi connectivity index (χ1n) is 3.98. The van der Waals surface area contributed by atoms with Crippen molar-refractivity contribution >= 4 is 17.3 Å². The highest BCUT2D eigenvalue weighted by molar-refractivity contribution is 7.12. The highest BCUT2D eigenvalue weighted by Gasteiger charge is 2.13. The quantitative estimate of drug-likeness (QED) is 0.819. The molecule has 0 saturated carbocycles. The molecule has 0 spiro atoms. The molecule has 0 aliphatic carbocycles. The van der Waals surface area contributed by atoms with E-state index in [1.807, 2.05) is 0 Å². The molecule has 2 heterocycles. The molecule has 14 heavy (non-hydrogen) atoms. The van der Waals surface area contributed by atoms with Crippen LogP contribution < -0.4 is 0 Å². The maximum absolute atomic E-state index is 10.8. The Morgan fingerprint density at radius 3 is 3.00 bits per heavy atom. The third-order valence-corrected chi connectivity index (χ3v) is 2.78. The molecular weight excluding hydrogens is 200 g/mol. The van der Waals surface area contributed by atoms with Crippen LogP contribution in [0.1, 0.15) is 9.67 Å². The molecule has 0 radical (unpaired) electrons. The first kappa shape index (κ1) is 8.96. The Hall–Kier alpha value is -1.62. The van der Waals surface area contributed by atoms with Crippen molar-refractivity contribution < 1.29 is 9.90 Å². The number of carboxylic acid groups (broad SMARTS) is 1. The summed E-state index contributed by atoms with van der Waals surface area (Å²) in [5.74, 6) is -0.890. The number of hydrogen-bond acceptors (Lipinski definition) is 3.